The number of amides is 1. The summed E-state index contributed by atoms with van der Waals surface area (Å²) in [7, 11) is -3.61. The predicted molar refractivity (Wildman–Crippen MR) is 119 cm³/mol. The number of hydrogen-bond donors (Lipinski definition) is 1. The topological polar surface area (TPSA) is 66.5 Å². The Morgan fingerprint density at radius 2 is 1.55 bits per heavy atom. The maximum atomic E-state index is 12.7. The van der Waals surface area contributed by atoms with Crippen molar-refractivity contribution in [1.29, 1.82) is 0 Å². The number of carbonyl (C=O) groups excluding carboxylic acids is 1. The van der Waals surface area contributed by atoms with Gasteiger partial charge in [-0.15, -0.1) is 0 Å². The summed E-state index contributed by atoms with van der Waals surface area (Å²) in [6.07, 6.45) is 1.10. The van der Waals surface area contributed by atoms with Crippen molar-refractivity contribution in [2.24, 2.45) is 0 Å². The molecule has 1 amide bonds. The zero-order valence-electron chi connectivity index (χ0n) is 16.2. The van der Waals surface area contributed by atoms with Crippen molar-refractivity contribution in [3.63, 3.8) is 0 Å². The monoisotopic (exact) mass is 426 g/mol. The van der Waals surface area contributed by atoms with Crippen molar-refractivity contribution in [3.05, 3.63) is 84.4 Å². The molecular weight excluding hydrogens is 404 g/mol. The van der Waals surface area contributed by atoms with E-state index in [-0.39, 0.29) is 6.54 Å². The first kappa shape index (κ1) is 21.0. The number of para-hydroxylation sites is 1. The van der Waals surface area contributed by atoms with Crippen molar-refractivity contribution >= 4 is 39.1 Å². The number of anilines is 2. The van der Waals surface area contributed by atoms with Gasteiger partial charge in [-0.1, -0.05) is 59.8 Å². The third-order valence-corrected chi connectivity index (χ3v) is 6.37. The van der Waals surface area contributed by atoms with Crippen LogP contribution in [0.5, 0.6) is 0 Å². The van der Waals surface area contributed by atoms with E-state index < -0.39 is 15.9 Å². The van der Waals surface area contributed by atoms with Crippen LogP contribution in [0.2, 0.25) is 0 Å². The molecule has 0 aliphatic carbocycles. The van der Waals surface area contributed by atoms with Gasteiger partial charge in [0.1, 0.15) is 6.54 Å². The van der Waals surface area contributed by atoms with Gasteiger partial charge in [-0.3, -0.25) is 9.10 Å². The van der Waals surface area contributed by atoms with Gasteiger partial charge in [0.05, 0.1) is 17.6 Å². The van der Waals surface area contributed by atoms with Crippen LogP contribution in [0.15, 0.2) is 88.7 Å². The van der Waals surface area contributed by atoms with Crippen LogP contribution in [0.4, 0.5) is 11.4 Å². The van der Waals surface area contributed by atoms with Crippen molar-refractivity contribution in [2.75, 3.05) is 22.4 Å². The Balaban J connectivity index is 1.78. The Morgan fingerprint density at radius 3 is 2.21 bits per heavy atom. The average molecular weight is 427 g/mol. The van der Waals surface area contributed by atoms with Crippen molar-refractivity contribution < 1.29 is 13.2 Å². The number of benzene rings is 3. The molecular formula is C22H22N2O3S2. The molecule has 0 saturated carbocycles. The summed E-state index contributed by atoms with van der Waals surface area (Å²) in [6, 6.07) is 24.3. The fourth-order valence-corrected chi connectivity index (χ4v) is 4.48. The van der Waals surface area contributed by atoms with E-state index in [0.29, 0.717) is 11.4 Å². The predicted octanol–water partition coefficient (Wildman–Crippen LogP) is 4.55. The molecule has 0 fully saturated rings. The van der Waals surface area contributed by atoms with Crippen LogP contribution in [0.1, 0.15) is 5.56 Å². The second kappa shape index (κ2) is 9.15. The minimum atomic E-state index is -3.61. The summed E-state index contributed by atoms with van der Waals surface area (Å²) in [5.74, 6) is -0.405. The molecule has 5 nitrogen and oxygen atoms in total. The molecule has 0 saturated heterocycles. The first-order valence-corrected chi connectivity index (χ1v) is 11.7. The molecule has 0 aliphatic rings. The fraction of sp³-hybridized carbons (Fsp3) is 0.136. The first-order valence-electron chi connectivity index (χ1n) is 8.99. The Morgan fingerprint density at radius 1 is 0.931 bits per heavy atom. The zero-order valence-corrected chi connectivity index (χ0v) is 17.8. The molecule has 0 atom stereocenters. The molecule has 3 aromatic rings. The van der Waals surface area contributed by atoms with Crippen LogP contribution in [0.25, 0.3) is 0 Å². The Kier molecular flexibility index (Phi) is 6.61. The van der Waals surface area contributed by atoms with E-state index in [1.165, 1.54) is 11.8 Å². The molecule has 150 valence electrons. The second-order valence-electron chi connectivity index (χ2n) is 6.56. The normalized spacial score (nSPS) is 11.1. The van der Waals surface area contributed by atoms with Crippen molar-refractivity contribution in [3.8, 4) is 0 Å². The van der Waals surface area contributed by atoms with E-state index in [1.54, 1.807) is 18.2 Å². The summed E-state index contributed by atoms with van der Waals surface area (Å²) >= 11 is 1.53. The number of nitrogens with one attached hydrogen (secondary N) is 1. The summed E-state index contributed by atoms with van der Waals surface area (Å²) in [5, 5.41) is 2.85. The summed E-state index contributed by atoms with van der Waals surface area (Å²) < 4.78 is 25.6. The lowest BCUT2D eigenvalue weighted by molar-refractivity contribution is -0.114. The standard InChI is InChI=1S/C22H22N2O3S2/c1-17-12-14-18(15-13-17)24(29(2,26)27)16-22(25)23-20-10-6-7-11-21(20)28-19-8-4-3-5-9-19/h3-15H,16H2,1-2H3,(H,23,25). The van der Waals surface area contributed by atoms with E-state index in [4.69, 9.17) is 0 Å². The SMILES string of the molecule is Cc1ccc(N(CC(=O)Nc2ccccc2Sc2ccccc2)S(C)(=O)=O)cc1. The molecule has 0 unspecified atom stereocenters. The molecule has 7 heteroatoms. The lowest BCUT2D eigenvalue weighted by Gasteiger charge is -2.22. The van der Waals surface area contributed by atoms with E-state index in [9.17, 15) is 13.2 Å². The van der Waals surface area contributed by atoms with Crippen LogP contribution in [-0.2, 0) is 14.8 Å². The number of aryl methyl sites for hydroxylation is 1. The molecule has 3 aromatic carbocycles. The van der Waals surface area contributed by atoms with Gasteiger partial charge >= 0.3 is 0 Å². The van der Waals surface area contributed by atoms with Crippen LogP contribution in [-0.4, -0.2) is 27.1 Å². The van der Waals surface area contributed by atoms with Crippen LogP contribution < -0.4 is 9.62 Å². The van der Waals surface area contributed by atoms with Gasteiger partial charge in [0.2, 0.25) is 15.9 Å². The van der Waals surface area contributed by atoms with Gasteiger partial charge in [-0.05, 0) is 43.3 Å². The molecule has 29 heavy (non-hydrogen) atoms. The molecule has 0 heterocycles. The van der Waals surface area contributed by atoms with E-state index in [2.05, 4.69) is 5.32 Å². The highest BCUT2D eigenvalue weighted by atomic mass is 32.2. The maximum Gasteiger partial charge on any atom is 0.245 e. The molecule has 0 aliphatic heterocycles. The largest absolute Gasteiger partial charge is 0.323 e. The van der Waals surface area contributed by atoms with E-state index in [1.807, 2.05) is 67.6 Å². The second-order valence-corrected chi connectivity index (χ2v) is 9.59. The minimum Gasteiger partial charge on any atom is -0.323 e. The van der Waals surface area contributed by atoms with Gasteiger partial charge in [-0.2, -0.15) is 0 Å². The maximum absolute atomic E-state index is 12.7. The summed E-state index contributed by atoms with van der Waals surface area (Å²) in [5.41, 5.74) is 2.11. The number of rotatable bonds is 7. The summed E-state index contributed by atoms with van der Waals surface area (Å²) in [4.78, 5) is 14.6. The first-order chi connectivity index (χ1) is 13.8. The number of sulfonamides is 1. The molecule has 0 aromatic heterocycles. The molecule has 3 rings (SSSR count). The van der Waals surface area contributed by atoms with Gasteiger partial charge in [0.25, 0.3) is 0 Å². The number of carbonyl (C=O) groups is 1. The zero-order chi connectivity index (χ0) is 20.9. The highest BCUT2D eigenvalue weighted by molar-refractivity contribution is 7.99. The molecule has 0 bridgehead atoms. The molecule has 0 spiro atoms. The Hall–Kier alpha value is -2.77. The van der Waals surface area contributed by atoms with Gasteiger partial charge in [0.15, 0.2) is 0 Å². The highest BCUT2D eigenvalue weighted by Gasteiger charge is 2.21. The highest BCUT2D eigenvalue weighted by Crippen LogP contribution is 2.33. The lowest BCUT2D eigenvalue weighted by atomic mass is 10.2. The minimum absolute atomic E-state index is 0.299. The summed E-state index contributed by atoms with van der Waals surface area (Å²) in [6.45, 7) is 1.62. The smallest absolute Gasteiger partial charge is 0.245 e. The number of nitrogens with zero attached hydrogens (tertiary/aromatic N) is 1. The van der Waals surface area contributed by atoms with Crippen molar-refractivity contribution in [1.82, 2.24) is 0 Å². The fourth-order valence-electron chi connectivity index (χ4n) is 2.71. The third kappa shape index (κ3) is 5.85. The Bertz CT molecular complexity index is 1080. The van der Waals surface area contributed by atoms with Crippen LogP contribution in [0, 0.1) is 6.92 Å². The molecule has 1 N–H and O–H groups in total. The van der Waals surface area contributed by atoms with Crippen LogP contribution >= 0.6 is 11.8 Å². The lowest BCUT2D eigenvalue weighted by Crippen LogP contribution is -2.37. The van der Waals surface area contributed by atoms with Gasteiger partial charge in [-0.25, -0.2) is 8.42 Å². The van der Waals surface area contributed by atoms with E-state index >= 15 is 0 Å². The number of hydrogen-bond acceptors (Lipinski definition) is 4. The van der Waals surface area contributed by atoms with E-state index in [0.717, 1.165) is 25.9 Å². The quantitative estimate of drug-likeness (QED) is 0.602. The molecule has 0 radical (unpaired) electrons. The van der Waals surface area contributed by atoms with Gasteiger partial charge in [0, 0.05) is 9.79 Å². The van der Waals surface area contributed by atoms with Gasteiger partial charge < -0.3 is 5.32 Å². The van der Waals surface area contributed by atoms with Crippen LogP contribution in [0.3, 0.4) is 0 Å². The average Bonchev–Trinajstić information content (AvgIpc) is 2.68. The third-order valence-electron chi connectivity index (χ3n) is 4.14. The Labute approximate surface area is 175 Å². The van der Waals surface area contributed by atoms with Crippen molar-refractivity contribution in [2.45, 2.75) is 16.7 Å².